The molecule has 7 heteroatoms. The molecule has 0 spiro atoms. The van der Waals surface area contributed by atoms with Gasteiger partial charge in [-0.25, -0.2) is 0 Å². The molecule has 186 valence electrons. The Morgan fingerprint density at radius 3 is 2.03 bits per heavy atom. The van der Waals surface area contributed by atoms with Crippen LogP contribution < -0.4 is 16.0 Å². The first kappa shape index (κ1) is 25.1. The Morgan fingerprint density at radius 1 is 0.806 bits per heavy atom. The fourth-order valence-corrected chi connectivity index (χ4v) is 4.35. The van der Waals surface area contributed by atoms with E-state index in [1.54, 1.807) is 24.3 Å². The summed E-state index contributed by atoms with van der Waals surface area (Å²) in [5, 5.41) is 8.96. The molecule has 1 aliphatic rings. The number of hydrogen-bond acceptors (Lipinski definition) is 4. The van der Waals surface area contributed by atoms with Gasteiger partial charge in [-0.3, -0.25) is 19.3 Å². The van der Waals surface area contributed by atoms with Gasteiger partial charge in [0.05, 0.1) is 6.54 Å². The molecule has 0 aromatic heterocycles. The van der Waals surface area contributed by atoms with Crippen LogP contribution in [0.25, 0.3) is 0 Å². The van der Waals surface area contributed by atoms with Crippen molar-refractivity contribution in [3.8, 4) is 0 Å². The first-order valence-corrected chi connectivity index (χ1v) is 12.3. The molecule has 1 unspecified atom stereocenters. The van der Waals surface area contributed by atoms with E-state index in [1.807, 2.05) is 66.7 Å². The van der Waals surface area contributed by atoms with Crippen LogP contribution in [0.3, 0.4) is 0 Å². The van der Waals surface area contributed by atoms with Crippen molar-refractivity contribution in [2.45, 2.75) is 31.3 Å². The largest absolute Gasteiger partial charge is 0.351 e. The Bertz CT molecular complexity index is 1130. The third-order valence-electron chi connectivity index (χ3n) is 6.30. The standard InChI is InChI=1S/C29H32N4O3/c34-27(30-24-14-8-3-9-15-24)21-33-18-16-25(17-19-33)31-29(36)26(20-22-10-4-1-5-11-22)32-28(35)23-12-6-2-7-13-23/h1-15,25-26H,16-21H2,(H,30,34)(H,31,36)(H,32,35). The Kier molecular flexibility index (Phi) is 8.83. The first-order valence-electron chi connectivity index (χ1n) is 12.3. The summed E-state index contributed by atoms with van der Waals surface area (Å²) in [6.07, 6.45) is 1.90. The number of rotatable bonds is 9. The predicted molar refractivity (Wildman–Crippen MR) is 141 cm³/mol. The zero-order chi connectivity index (χ0) is 25.2. The summed E-state index contributed by atoms with van der Waals surface area (Å²) in [5.74, 6) is -0.510. The maximum Gasteiger partial charge on any atom is 0.251 e. The van der Waals surface area contributed by atoms with Crippen molar-refractivity contribution in [1.29, 1.82) is 0 Å². The molecule has 0 saturated carbocycles. The molecule has 3 N–H and O–H groups in total. The summed E-state index contributed by atoms with van der Waals surface area (Å²) in [7, 11) is 0. The summed E-state index contributed by atoms with van der Waals surface area (Å²) in [6.45, 7) is 1.75. The molecule has 3 amide bonds. The zero-order valence-electron chi connectivity index (χ0n) is 20.2. The zero-order valence-corrected chi connectivity index (χ0v) is 20.2. The van der Waals surface area contributed by atoms with Gasteiger partial charge >= 0.3 is 0 Å². The van der Waals surface area contributed by atoms with Crippen LogP contribution in [0.4, 0.5) is 5.69 Å². The highest BCUT2D eigenvalue weighted by Crippen LogP contribution is 2.13. The number of para-hydroxylation sites is 1. The van der Waals surface area contributed by atoms with Gasteiger partial charge in [0.15, 0.2) is 0 Å². The Labute approximate surface area is 211 Å². The number of benzene rings is 3. The summed E-state index contributed by atoms with van der Waals surface area (Å²) in [4.78, 5) is 40.5. The van der Waals surface area contributed by atoms with Crippen LogP contribution >= 0.6 is 0 Å². The van der Waals surface area contributed by atoms with Crippen LogP contribution in [-0.4, -0.2) is 54.3 Å². The van der Waals surface area contributed by atoms with Crippen LogP contribution in [0, 0.1) is 0 Å². The molecule has 36 heavy (non-hydrogen) atoms. The van der Waals surface area contributed by atoms with Gasteiger partial charge in [0.2, 0.25) is 11.8 Å². The number of nitrogens with one attached hydrogen (secondary N) is 3. The third-order valence-corrected chi connectivity index (χ3v) is 6.30. The summed E-state index contributed by atoms with van der Waals surface area (Å²) in [6, 6.07) is 27.3. The molecule has 1 heterocycles. The van der Waals surface area contributed by atoms with Crippen LogP contribution in [0.2, 0.25) is 0 Å². The summed E-state index contributed by atoms with van der Waals surface area (Å²) >= 11 is 0. The van der Waals surface area contributed by atoms with E-state index in [1.165, 1.54) is 0 Å². The van der Waals surface area contributed by atoms with Crippen molar-refractivity contribution >= 4 is 23.4 Å². The molecule has 4 rings (SSSR count). The number of hydrogen-bond donors (Lipinski definition) is 3. The van der Waals surface area contributed by atoms with Crippen molar-refractivity contribution < 1.29 is 14.4 Å². The van der Waals surface area contributed by atoms with Crippen molar-refractivity contribution in [3.05, 3.63) is 102 Å². The van der Waals surface area contributed by atoms with Gasteiger partial charge in [-0.2, -0.15) is 0 Å². The monoisotopic (exact) mass is 484 g/mol. The molecular weight excluding hydrogens is 452 g/mol. The van der Waals surface area contributed by atoms with E-state index in [0.29, 0.717) is 31.6 Å². The first-order chi connectivity index (χ1) is 17.6. The Morgan fingerprint density at radius 2 is 1.39 bits per heavy atom. The second kappa shape index (κ2) is 12.7. The molecule has 3 aromatic carbocycles. The van der Waals surface area contributed by atoms with Gasteiger partial charge in [-0.05, 0) is 42.7 Å². The van der Waals surface area contributed by atoms with Crippen molar-refractivity contribution in [3.63, 3.8) is 0 Å². The smallest absolute Gasteiger partial charge is 0.251 e. The molecule has 7 nitrogen and oxygen atoms in total. The van der Waals surface area contributed by atoms with Crippen LogP contribution in [-0.2, 0) is 16.0 Å². The molecule has 0 bridgehead atoms. The molecule has 0 aliphatic carbocycles. The minimum Gasteiger partial charge on any atom is -0.351 e. The minimum absolute atomic E-state index is 0.00200. The van der Waals surface area contributed by atoms with Crippen molar-refractivity contribution in [1.82, 2.24) is 15.5 Å². The van der Waals surface area contributed by atoms with E-state index >= 15 is 0 Å². The maximum atomic E-state index is 13.2. The van der Waals surface area contributed by atoms with Crippen LogP contribution in [0.15, 0.2) is 91.0 Å². The van der Waals surface area contributed by atoms with Gasteiger partial charge in [-0.1, -0.05) is 66.7 Å². The van der Waals surface area contributed by atoms with Gasteiger partial charge in [0.25, 0.3) is 5.91 Å². The number of carbonyl (C=O) groups excluding carboxylic acids is 3. The Hall–Kier alpha value is -3.97. The van der Waals surface area contributed by atoms with Gasteiger partial charge in [-0.15, -0.1) is 0 Å². The highest BCUT2D eigenvalue weighted by Gasteiger charge is 2.27. The number of likely N-dealkylation sites (tertiary alicyclic amines) is 1. The lowest BCUT2D eigenvalue weighted by molar-refractivity contribution is -0.124. The lowest BCUT2D eigenvalue weighted by Crippen LogP contribution is -2.53. The molecule has 1 saturated heterocycles. The summed E-state index contributed by atoms with van der Waals surface area (Å²) in [5.41, 5.74) is 2.28. The molecule has 1 fully saturated rings. The lowest BCUT2D eigenvalue weighted by Gasteiger charge is -2.32. The second-order valence-corrected chi connectivity index (χ2v) is 9.06. The fraction of sp³-hybridized carbons (Fsp3) is 0.276. The fourth-order valence-electron chi connectivity index (χ4n) is 4.35. The average molecular weight is 485 g/mol. The van der Waals surface area contributed by atoms with E-state index in [4.69, 9.17) is 0 Å². The number of nitrogens with zero attached hydrogens (tertiary/aromatic N) is 1. The van der Waals surface area contributed by atoms with Gasteiger partial charge in [0.1, 0.15) is 6.04 Å². The second-order valence-electron chi connectivity index (χ2n) is 9.06. The number of amides is 3. The topological polar surface area (TPSA) is 90.5 Å². The highest BCUT2D eigenvalue weighted by atomic mass is 16.2. The molecule has 0 radical (unpaired) electrons. The number of anilines is 1. The highest BCUT2D eigenvalue weighted by molar-refractivity contribution is 5.97. The van der Waals surface area contributed by atoms with E-state index in [-0.39, 0.29) is 23.8 Å². The van der Waals surface area contributed by atoms with E-state index in [0.717, 1.165) is 24.1 Å². The van der Waals surface area contributed by atoms with Gasteiger partial charge in [0, 0.05) is 36.8 Å². The third kappa shape index (κ3) is 7.52. The lowest BCUT2D eigenvalue weighted by atomic mass is 10.0. The molecule has 3 aromatic rings. The van der Waals surface area contributed by atoms with E-state index in [9.17, 15) is 14.4 Å². The quantitative estimate of drug-likeness (QED) is 0.435. The predicted octanol–water partition coefficient (Wildman–Crippen LogP) is 3.25. The van der Waals surface area contributed by atoms with E-state index < -0.39 is 6.04 Å². The summed E-state index contributed by atoms with van der Waals surface area (Å²) < 4.78 is 0. The van der Waals surface area contributed by atoms with Crippen LogP contribution in [0.5, 0.6) is 0 Å². The normalized spacial score (nSPS) is 15.0. The number of carbonyl (C=O) groups is 3. The van der Waals surface area contributed by atoms with Crippen molar-refractivity contribution in [2.24, 2.45) is 0 Å². The molecule has 1 atom stereocenters. The number of piperidine rings is 1. The minimum atomic E-state index is -0.685. The maximum absolute atomic E-state index is 13.2. The van der Waals surface area contributed by atoms with Crippen molar-refractivity contribution in [2.75, 3.05) is 25.0 Å². The molecular formula is C29H32N4O3. The van der Waals surface area contributed by atoms with Crippen LogP contribution in [0.1, 0.15) is 28.8 Å². The average Bonchev–Trinajstić information content (AvgIpc) is 2.91. The molecule has 1 aliphatic heterocycles. The van der Waals surface area contributed by atoms with E-state index in [2.05, 4.69) is 20.9 Å². The SMILES string of the molecule is O=C(CN1CCC(NC(=O)C(Cc2ccccc2)NC(=O)c2ccccc2)CC1)Nc1ccccc1. The van der Waals surface area contributed by atoms with Gasteiger partial charge < -0.3 is 16.0 Å². The Balaban J connectivity index is 1.30.